The molecule has 32 heavy (non-hydrogen) atoms. The van der Waals surface area contributed by atoms with Crippen LogP contribution in [0.5, 0.6) is 0 Å². The van der Waals surface area contributed by atoms with Crippen molar-refractivity contribution in [3.8, 4) is 0 Å². The molecule has 6 nitrogen and oxygen atoms in total. The molecule has 0 radical (unpaired) electrons. The average Bonchev–Trinajstić information content (AvgIpc) is 3.12. The van der Waals surface area contributed by atoms with Crippen molar-refractivity contribution in [3.05, 3.63) is 59.9 Å². The first kappa shape index (κ1) is 22.1. The second-order valence-corrected chi connectivity index (χ2v) is 9.49. The van der Waals surface area contributed by atoms with Gasteiger partial charge < -0.3 is 14.8 Å². The fraction of sp³-hybridized carbons (Fsp3) is 0.423. The van der Waals surface area contributed by atoms with E-state index >= 15 is 0 Å². The first-order valence-corrected chi connectivity index (χ1v) is 11.5. The average molecular weight is 433 g/mol. The van der Waals surface area contributed by atoms with Gasteiger partial charge in [0.05, 0.1) is 11.0 Å². The third-order valence-corrected chi connectivity index (χ3v) is 5.98. The fourth-order valence-corrected chi connectivity index (χ4v) is 4.22. The lowest BCUT2D eigenvalue weighted by Gasteiger charge is -2.29. The summed E-state index contributed by atoms with van der Waals surface area (Å²) in [4.78, 5) is 32.2. The molecule has 1 aliphatic heterocycles. The number of carbonyl (C=O) groups is 2. The van der Waals surface area contributed by atoms with Crippen LogP contribution < -0.4 is 10.2 Å². The van der Waals surface area contributed by atoms with Crippen molar-refractivity contribution in [1.29, 1.82) is 0 Å². The smallest absolute Gasteiger partial charge is 0.246 e. The van der Waals surface area contributed by atoms with Crippen LogP contribution in [0.2, 0.25) is 0 Å². The number of amides is 2. The van der Waals surface area contributed by atoms with Gasteiger partial charge in [-0.2, -0.15) is 0 Å². The second-order valence-electron chi connectivity index (χ2n) is 9.49. The maximum absolute atomic E-state index is 13.4. The molecule has 4 rings (SSSR count). The van der Waals surface area contributed by atoms with Gasteiger partial charge in [-0.15, -0.1) is 0 Å². The number of hydrogen-bond donors (Lipinski definition) is 1. The van der Waals surface area contributed by atoms with Crippen LogP contribution in [0.1, 0.15) is 45.0 Å². The predicted molar refractivity (Wildman–Crippen MR) is 128 cm³/mol. The number of imidazole rings is 1. The quantitative estimate of drug-likeness (QED) is 0.596. The normalized spacial score (nSPS) is 13.8. The number of anilines is 1. The van der Waals surface area contributed by atoms with Crippen LogP contribution in [0.15, 0.2) is 48.5 Å². The van der Waals surface area contributed by atoms with Gasteiger partial charge in [-0.3, -0.25) is 9.59 Å². The first-order chi connectivity index (χ1) is 15.3. The molecule has 1 N–H and O–H groups in total. The molecule has 1 aromatic heterocycles. The Morgan fingerprint density at radius 1 is 1.06 bits per heavy atom. The van der Waals surface area contributed by atoms with E-state index in [4.69, 9.17) is 4.98 Å². The van der Waals surface area contributed by atoms with Crippen molar-refractivity contribution in [2.75, 3.05) is 18.0 Å². The van der Waals surface area contributed by atoms with Crippen LogP contribution in [-0.4, -0.2) is 34.5 Å². The Kier molecular flexibility index (Phi) is 6.31. The molecule has 3 aromatic rings. The van der Waals surface area contributed by atoms with E-state index in [1.54, 1.807) is 0 Å². The molecule has 2 aromatic carbocycles. The maximum Gasteiger partial charge on any atom is 0.246 e. The minimum absolute atomic E-state index is 0.0462. The van der Waals surface area contributed by atoms with Crippen LogP contribution in [0.25, 0.3) is 11.0 Å². The Hall–Kier alpha value is -3.15. The summed E-state index contributed by atoms with van der Waals surface area (Å²) in [5.41, 5.74) is 3.73. The summed E-state index contributed by atoms with van der Waals surface area (Å²) < 4.78 is 2.04. The largest absolute Gasteiger partial charge is 0.356 e. The van der Waals surface area contributed by atoms with Gasteiger partial charge in [-0.05, 0) is 43.0 Å². The zero-order valence-corrected chi connectivity index (χ0v) is 19.2. The maximum atomic E-state index is 13.4. The number of para-hydroxylation sites is 3. The van der Waals surface area contributed by atoms with Crippen molar-refractivity contribution in [1.82, 2.24) is 14.9 Å². The van der Waals surface area contributed by atoms with E-state index in [0.717, 1.165) is 48.4 Å². The molecule has 0 bridgehead atoms. The van der Waals surface area contributed by atoms with Crippen LogP contribution >= 0.6 is 0 Å². The SMILES string of the molecule is CC(C)(C)C(=O)NCCCc1nc2ccccc2n1CC(=O)N1CCCc2ccccc21. The fourth-order valence-electron chi connectivity index (χ4n) is 4.22. The summed E-state index contributed by atoms with van der Waals surface area (Å²) in [7, 11) is 0. The number of benzene rings is 2. The Balaban J connectivity index is 1.51. The molecular weight excluding hydrogens is 400 g/mol. The third kappa shape index (κ3) is 4.69. The highest BCUT2D eigenvalue weighted by Gasteiger charge is 2.24. The molecule has 2 amide bonds. The predicted octanol–water partition coefficient (Wildman–Crippen LogP) is 4.11. The molecule has 6 heteroatoms. The molecule has 0 saturated heterocycles. The van der Waals surface area contributed by atoms with Gasteiger partial charge in [0.1, 0.15) is 12.4 Å². The number of aromatic nitrogens is 2. The zero-order chi connectivity index (χ0) is 22.7. The van der Waals surface area contributed by atoms with E-state index < -0.39 is 5.41 Å². The first-order valence-electron chi connectivity index (χ1n) is 11.5. The lowest BCUT2D eigenvalue weighted by atomic mass is 9.96. The number of hydrogen-bond acceptors (Lipinski definition) is 3. The van der Waals surface area contributed by atoms with E-state index in [2.05, 4.69) is 11.4 Å². The molecule has 0 unspecified atom stereocenters. The van der Waals surface area contributed by atoms with Crippen molar-refractivity contribution in [3.63, 3.8) is 0 Å². The van der Waals surface area contributed by atoms with Gasteiger partial charge in [0.15, 0.2) is 0 Å². The van der Waals surface area contributed by atoms with E-state index in [1.807, 2.05) is 72.7 Å². The van der Waals surface area contributed by atoms with Crippen molar-refractivity contribution in [2.45, 2.75) is 53.0 Å². The lowest BCUT2D eigenvalue weighted by molar-refractivity contribution is -0.128. The standard InChI is InChI=1S/C26H32N4O2/c1-26(2,3)25(32)27-16-8-15-23-28-20-12-5-7-14-22(20)30(23)18-24(31)29-17-9-11-19-10-4-6-13-21(19)29/h4-7,10,12-14H,8-9,11,15-18H2,1-3H3,(H,27,32). The molecule has 0 atom stereocenters. The Labute approximate surface area is 189 Å². The molecule has 0 fully saturated rings. The van der Waals surface area contributed by atoms with Crippen molar-refractivity contribution < 1.29 is 9.59 Å². The Morgan fingerprint density at radius 3 is 2.62 bits per heavy atom. The van der Waals surface area contributed by atoms with Crippen LogP contribution in [-0.2, 0) is 29.0 Å². The van der Waals surface area contributed by atoms with Gasteiger partial charge in [0, 0.05) is 30.6 Å². The minimum Gasteiger partial charge on any atom is -0.356 e. The summed E-state index contributed by atoms with van der Waals surface area (Å²) in [6, 6.07) is 16.1. The number of aryl methyl sites for hydroxylation is 2. The molecule has 0 aliphatic carbocycles. The summed E-state index contributed by atoms with van der Waals surface area (Å²) in [5, 5.41) is 3.00. The third-order valence-electron chi connectivity index (χ3n) is 5.98. The van der Waals surface area contributed by atoms with Crippen LogP contribution in [0.3, 0.4) is 0 Å². The molecule has 0 saturated carbocycles. The Bertz CT molecular complexity index is 1130. The van der Waals surface area contributed by atoms with Gasteiger partial charge in [0.2, 0.25) is 11.8 Å². The minimum atomic E-state index is -0.399. The number of rotatable bonds is 6. The number of nitrogens with one attached hydrogen (secondary N) is 1. The van der Waals surface area contributed by atoms with Crippen molar-refractivity contribution >= 4 is 28.5 Å². The van der Waals surface area contributed by atoms with Gasteiger partial charge >= 0.3 is 0 Å². The highest BCUT2D eigenvalue weighted by Crippen LogP contribution is 2.27. The van der Waals surface area contributed by atoms with E-state index in [9.17, 15) is 9.59 Å². The zero-order valence-electron chi connectivity index (χ0n) is 19.2. The topological polar surface area (TPSA) is 67.2 Å². The summed E-state index contributed by atoms with van der Waals surface area (Å²) >= 11 is 0. The monoisotopic (exact) mass is 432 g/mol. The van der Waals surface area contributed by atoms with E-state index in [-0.39, 0.29) is 18.4 Å². The van der Waals surface area contributed by atoms with Crippen LogP contribution in [0.4, 0.5) is 5.69 Å². The van der Waals surface area contributed by atoms with Crippen molar-refractivity contribution in [2.24, 2.45) is 5.41 Å². The highest BCUT2D eigenvalue weighted by atomic mass is 16.2. The number of carbonyl (C=O) groups excluding carboxylic acids is 2. The molecule has 0 spiro atoms. The second kappa shape index (κ2) is 9.15. The Morgan fingerprint density at radius 2 is 1.81 bits per heavy atom. The molecule has 2 heterocycles. The summed E-state index contributed by atoms with van der Waals surface area (Å²) in [5.74, 6) is 1.02. The number of fused-ring (bicyclic) bond motifs is 2. The lowest BCUT2D eigenvalue weighted by Crippen LogP contribution is -2.38. The molecule has 168 valence electrons. The number of nitrogens with zero attached hydrogens (tertiary/aromatic N) is 3. The molecular formula is C26H32N4O2. The van der Waals surface area contributed by atoms with Gasteiger partial charge in [-0.25, -0.2) is 4.98 Å². The van der Waals surface area contributed by atoms with E-state index in [0.29, 0.717) is 13.0 Å². The summed E-state index contributed by atoms with van der Waals surface area (Å²) in [6.07, 6.45) is 3.46. The van der Waals surface area contributed by atoms with Crippen LogP contribution in [0, 0.1) is 5.41 Å². The highest BCUT2D eigenvalue weighted by molar-refractivity contribution is 5.95. The molecule has 1 aliphatic rings. The summed E-state index contributed by atoms with van der Waals surface area (Å²) in [6.45, 7) is 7.33. The van der Waals surface area contributed by atoms with Gasteiger partial charge in [0.25, 0.3) is 0 Å². The van der Waals surface area contributed by atoms with Gasteiger partial charge in [-0.1, -0.05) is 51.1 Å². The van der Waals surface area contributed by atoms with E-state index in [1.165, 1.54) is 5.56 Å².